The van der Waals surface area contributed by atoms with E-state index in [9.17, 15) is 0 Å². The van der Waals surface area contributed by atoms with Crippen LogP contribution < -0.4 is 0 Å². The maximum Gasteiger partial charge on any atom is 0.0484 e. The minimum Gasteiger partial charge on any atom is -0.350 e. The minimum absolute atomic E-state index is 1.27. The highest BCUT2D eigenvalue weighted by molar-refractivity contribution is 5.98. The van der Waals surface area contributed by atoms with Gasteiger partial charge < -0.3 is 4.57 Å². The van der Waals surface area contributed by atoms with E-state index in [-0.39, 0.29) is 0 Å². The van der Waals surface area contributed by atoms with E-state index in [2.05, 4.69) is 84.5 Å². The van der Waals surface area contributed by atoms with Gasteiger partial charge in [0.15, 0.2) is 0 Å². The summed E-state index contributed by atoms with van der Waals surface area (Å²) < 4.78 is 2.19. The topological polar surface area (TPSA) is 4.93 Å². The second-order valence-electron chi connectivity index (χ2n) is 5.23. The molecule has 0 aliphatic carbocycles. The summed E-state index contributed by atoms with van der Waals surface area (Å²) in [7, 11) is 2.10. The summed E-state index contributed by atoms with van der Waals surface area (Å²) in [6.07, 6.45) is 2.22. The zero-order valence-electron chi connectivity index (χ0n) is 11.4. The number of rotatable bonds is 1. The monoisotopic (exact) mass is 257 g/mol. The third-order valence-corrected chi connectivity index (χ3v) is 3.96. The van der Waals surface area contributed by atoms with Crippen LogP contribution in [-0.4, -0.2) is 4.57 Å². The lowest BCUT2D eigenvalue weighted by Gasteiger charge is -2.03. The molecule has 1 heterocycles. The first kappa shape index (κ1) is 11.3. The highest BCUT2D eigenvalue weighted by atomic mass is 14.9. The van der Waals surface area contributed by atoms with Crippen molar-refractivity contribution in [2.45, 2.75) is 0 Å². The van der Waals surface area contributed by atoms with Crippen molar-refractivity contribution in [3.8, 4) is 11.1 Å². The van der Waals surface area contributed by atoms with Crippen LogP contribution in [0.15, 0.2) is 72.9 Å². The highest BCUT2D eigenvalue weighted by Crippen LogP contribution is 2.31. The fourth-order valence-electron chi connectivity index (χ4n) is 2.93. The Hall–Kier alpha value is -2.54. The molecule has 4 aromatic rings. The molecule has 4 rings (SSSR count). The van der Waals surface area contributed by atoms with E-state index < -0.39 is 0 Å². The van der Waals surface area contributed by atoms with Gasteiger partial charge in [0.05, 0.1) is 0 Å². The van der Waals surface area contributed by atoms with Gasteiger partial charge in [-0.15, -0.1) is 0 Å². The lowest BCUT2D eigenvalue weighted by molar-refractivity contribution is 0.970. The van der Waals surface area contributed by atoms with E-state index in [0.29, 0.717) is 0 Å². The highest BCUT2D eigenvalue weighted by Gasteiger charge is 2.08. The Morgan fingerprint density at radius 3 is 2.40 bits per heavy atom. The van der Waals surface area contributed by atoms with E-state index in [1.165, 1.54) is 32.8 Å². The molecule has 0 aliphatic heterocycles. The Balaban J connectivity index is 2.01. The standard InChI is InChI=1S/C19H15N/c1-20-13-18(17-8-4-5-9-19(17)20)16-11-10-14-6-2-3-7-15(14)12-16/h2-13H,1H3. The van der Waals surface area contributed by atoms with Crippen LogP contribution in [0.3, 0.4) is 0 Å². The fourth-order valence-corrected chi connectivity index (χ4v) is 2.93. The quantitative estimate of drug-likeness (QED) is 0.452. The number of hydrogen-bond donors (Lipinski definition) is 0. The van der Waals surface area contributed by atoms with Gasteiger partial charge >= 0.3 is 0 Å². The summed E-state index contributed by atoms with van der Waals surface area (Å²) in [4.78, 5) is 0. The van der Waals surface area contributed by atoms with E-state index in [4.69, 9.17) is 0 Å². The van der Waals surface area contributed by atoms with Gasteiger partial charge in [-0.1, -0.05) is 54.6 Å². The maximum atomic E-state index is 2.27. The Morgan fingerprint density at radius 2 is 1.50 bits per heavy atom. The summed E-state index contributed by atoms with van der Waals surface area (Å²) >= 11 is 0. The Labute approximate surface area is 118 Å². The number of fused-ring (bicyclic) bond motifs is 2. The molecule has 1 aromatic heterocycles. The van der Waals surface area contributed by atoms with Crippen LogP contribution in [0.1, 0.15) is 0 Å². The van der Waals surface area contributed by atoms with Gasteiger partial charge in [0.2, 0.25) is 0 Å². The third-order valence-electron chi connectivity index (χ3n) is 3.96. The number of benzene rings is 3. The molecule has 96 valence electrons. The van der Waals surface area contributed by atoms with Crippen molar-refractivity contribution in [3.05, 3.63) is 72.9 Å². The van der Waals surface area contributed by atoms with Crippen molar-refractivity contribution >= 4 is 21.7 Å². The van der Waals surface area contributed by atoms with Gasteiger partial charge in [-0.05, 0) is 28.5 Å². The van der Waals surface area contributed by atoms with Crippen LogP contribution in [0.25, 0.3) is 32.8 Å². The zero-order chi connectivity index (χ0) is 13.5. The van der Waals surface area contributed by atoms with Crippen LogP contribution in [0, 0.1) is 0 Å². The van der Waals surface area contributed by atoms with Crippen LogP contribution in [0.5, 0.6) is 0 Å². The molecular formula is C19H15N. The normalized spacial score (nSPS) is 11.2. The average Bonchev–Trinajstić information content (AvgIpc) is 2.85. The second-order valence-corrected chi connectivity index (χ2v) is 5.23. The molecular weight excluding hydrogens is 242 g/mol. The van der Waals surface area contributed by atoms with E-state index in [0.717, 1.165) is 0 Å². The predicted molar refractivity (Wildman–Crippen MR) is 85.9 cm³/mol. The van der Waals surface area contributed by atoms with Gasteiger partial charge in [0.1, 0.15) is 0 Å². The van der Waals surface area contributed by atoms with Gasteiger partial charge in [-0.2, -0.15) is 0 Å². The summed E-state index contributed by atoms with van der Waals surface area (Å²) in [5.41, 5.74) is 3.85. The number of aromatic nitrogens is 1. The second kappa shape index (κ2) is 4.24. The van der Waals surface area contributed by atoms with E-state index >= 15 is 0 Å². The van der Waals surface area contributed by atoms with Crippen LogP contribution in [-0.2, 0) is 7.05 Å². The molecule has 0 atom stereocenters. The molecule has 0 fully saturated rings. The predicted octanol–water partition coefficient (Wildman–Crippen LogP) is 5.00. The fraction of sp³-hybridized carbons (Fsp3) is 0.0526. The van der Waals surface area contributed by atoms with Gasteiger partial charge in [0, 0.05) is 29.7 Å². The SMILES string of the molecule is Cn1cc(-c2ccc3ccccc3c2)c2ccccc21. The van der Waals surface area contributed by atoms with Gasteiger partial charge in [-0.3, -0.25) is 0 Å². The lowest BCUT2D eigenvalue weighted by atomic mass is 10.0. The number of para-hydroxylation sites is 1. The lowest BCUT2D eigenvalue weighted by Crippen LogP contribution is -1.81. The molecule has 0 N–H and O–H groups in total. The first-order valence-electron chi connectivity index (χ1n) is 6.86. The third kappa shape index (κ3) is 1.64. The molecule has 0 amide bonds. The molecule has 0 spiro atoms. The van der Waals surface area contributed by atoms with Crippen molar-refractivity contribution in [2.75, 3.05) is 0 Å². The molecule has 20 heavy (non-hydrogen) atoms. The molecule has 0 saturated heterocycles. The molecule has 1 nitrogen and oxygen atoms in total. The maximum absolute atomic E-state index is 2.27. The number of hydrogen-bond acceptors (Lipinski definition) is 0. The summed E-state index contributed by atoms with van der Waals surface area (Å²) in [5.74, 6) is 0. The average molecular weight is 257 g/mol. The van der Waals surface area contributed by atoms with Crippen LogP contribution in [0.4, 0.5) is 0 Å². The Kier molecular flexibility index (Phi) is 2.40. The van der Waals surface area contributed by atoms with Crippen molar-refractivity contribution in [2.24, 2.45) is 7.05 Å². The number of nitrogens with zero attached hydrogens (tertiary/aromatic N) is 1. The Bertz CT molecular complexity index is 915. The zero-order valence-corrected chi connectivity index (χ0v) is 11.4. The first-order valence-corrected chi connectivity index (χ1v) is 6.86. The molecule has 0 unspecified atom stereocenters. The minimum atomic E-state index is 1.27. The smallest absolute Gasteiger partial charge is 0.0484 e. The van der Waals surface area contributed by atoms with Gasteiger partial charge in [0.25, 0.3) is 0 Å². The largest absolute Gasteiger partial charge is 0.350 e. The summed E-state index contributed by atoms with van der Waals surface area (Å²) in [6.45, 7) is 0. The van der Waals surface area contributed by atoms with Crippen molar-refractivity contribution in [3.63, 3.8) is 0 Å². The molecule has 0 bridgehead atoms. The summed E-state index contributed by atoms with van der Waals surface area (Å²) in [6, 6.07) is 23.7. The molecule has 0 aliphatic rings. The van der Waals surface area contributed by atoms with Crippen molar-refractivity contribution in [1.82, 2.24) is 4.57 Å². The molecule has 3 aromatic carbocycles. The Morgan fingerprint density at radius 1 is 0.750 bits per heavy atom. The van der Waals surface area contributed by atoms with Crippen LogP contribution in [0.2, 0.25) is 0 Å². The van der Waals surface area contributed by atoms with Crippen molar-refractivity contribution < 1.29 is 0 Å². The van der Waals surface area contributed by atoms with Crippen molar-refractivity contribution in [1.29, 1.82) is 0 Å². The first-order chi connectivity index (χ1) is 9.83. The number of aryl methyl sites for hydroxylation is 1. The molecule has 1 heteroatoms. The van der Waals surface area contributed by atoms with E-state index in [1.54, 1.807) is 0 Å². The van der Waals surface area contributed by atoms with E-state index in [1.807, 2.05) is 0 Å². The van der Waals surface area contributed by atoms with Gasteiger partial charge in [-0.25, -0.2) is 0 Å². The molecule has 0 radical (unpaired) electrons. The molecule has 0 saturated carbocycles. The van der Waals surface area contributed by atoms with Crippen LogP contribution >= 0.6 is 0 Å². The summed E-state index contributed by atoms with van der Waals surface area (Å²) in [5, 5.41) is 3.89.